The predicted octanol–water partition coefficient (Wildman–Crippen LogP) is 2.93. The highest BCUT2D eigenvalue weighted by Gasteiger charge is 2.35. The average molecular weight is 330 g/mol. The van der Waals surface area contributed by atoms with Crippen LogP contribution < -0.4 is 0 Å². The number of esters is 1. The molecule has 0 unspecified atom stereocenters. The molecule has 0 saturated carbocycles. The van der Waals surface area contributed by atoms with Crippen molar-refractivity contribution in [2.75, 3.05) is 13.7 Å². The van der Waals surface area contributed by atoms with Gasteiger partial charge in [0, 0.05) is 6.54 Å². The first-order valence-corrected chi connectivity index (χ1v) is 7.70. The molecule has 0 aliphatic carbocycles. The molecule has 24 heavy (non-hydrogen) atoms. The summed E-state index contributed by atoms with van der Waals surface area (Å²) in [4.78, 5) is 29.5. The number of methoxy groups -OCH3 is 1. The summed E-state index contributed by atoms with van der Waals surface area (Å²) in [7, 11) is 1.28. The Bertz CT molecular complexity index is 713. The van der Waals surface area contributed by atoms with Gasteiger partial charge < -0.3 is 13.9 Å². The maximum absolute atomic E-state index is 12.3. The molecule has 0 bridgehead atoms. The van der Waals surface area contributed by atoms with E-state index in [4.69, 9.17) is 9.15 Å². The number of hydrogen-bond acceptors (Lipinski definition) is 6. The Morgan fingerprint density at radius 1 is 1.33 bits per heavy atom. The third-order valence-corrected chi connectivity index (χ3v) is 3.89. The van der Waals surface area contributed by atoms with Crippen LogP contribution in [0.3, 0.4) is 0 Å². The van der Waals surface area contributed by atoms with Crippen molar-refractivity contribution in [2.24, 2.45) is 0 Å². The number of benzene rings is 1. The zero-order chi connectivity index (χ0) is 16.9. The van der Waals surface area contributed by atoms with Crippen molar-refractivity contribution in [3.63, 3.8) is 0 Å². The molecule has 1 amide bonds. The number of hydrogen-bond donors (Lipinski definition) is 0. The maximum atomic E-state index is 12.3. The van der Waals surface area contributed by atoms with Crippen LogP contribution in [0.5, 0.6) is 0 Å². The number of carbonyl (C=O) groups excluding carboxylic acids is 2. The van der Waals surface area contributed by atoms with E-state index in [1.54, 1.807) is 4.90 Å². The number of ether oxygens (including phenoxy) is 2. The molecule has 0 N–H and O–H groups in total. The molecule has 1 aliphatic heterocycles. The third-order valence-electron chi connectivity index (χ3n) is 3.89. The molecule has 7 heteroatoms. The largest absolute Gasteiger partial charge is 0.464 e. The van der Waals surface area contributed by atoms with Gasteiger partial charge in [0.25, 0.3) is 0 Å². The van der Waals surface area contributed by atoms with Crippen LogP contribution in [0, 0.1) is 0 Å². The quantitative estimate of drug-likeness (QED) is 0.802. The summed E-state index contributed by atoms with van der Waals surface area (Å²) in [5.41, 5.74) is 1.02. The lowest BCUT2D eigenvalue weighted by atomic mass is 10.2. The molecule has 7 nitrogen and oxygen atoms in total. The molecule has 1 aliphatic rings. The van der Waals surface area contributed by atoms with E-state index < -0.39 is 12.1 Å². The van der Waals surface area contributed by atoms with Crippen molar-refractivity contribution in [1.29, 1.82) is 0 Å². The van der Waals surface area contributed by atoms with Crippen LogP contribution in [0.2, 0.25) is 0 Å². The monoisotopic (exact) mass is 330 g/mol. The number of likely N-dealkylation sites (tertiary alicyclic amines) is 1. The number of nitrogens with zero attached hydrogens (tertiary/aromatic N) is 2. The van der Waals surface area contributed by atoms with Crippen molar-refractivity contribution in [3.05, 3.63) is 53.7 Å². The fourth-order valence-electron chi connectivity index (χ4n) is 2.68. The van der Waals surface area contributed by atoms with Crippen LogP contribution in [0.1, 0.15) is 40.8 Å². The molecule has 0 radical (unpaired) electrons. The Hall–Kier alpha value is -2.83. The Morgan fingerprint density at radius 2 is 2.12 bits per heavy atom. The molecule has 1 atom stereocenters. The van der Waals surface area contributed by atoms with Gasteiger partial charge in [-0.05, 0) is 18.4 Å². The maximum Gasteiger partial charge on any atom is 0.410 e. The van der Waals surface area contributed by atoms with Gasteiger partial charge in [0.1, 0.15) is 18.9 Å². The minimum Gasteiger partial charge on any atom is -0.464 e. The second-order valence-electron chi connectivity index (χ2n) is 5.45. The van der Waals surface area contributed by atoms with E-state index in [2.05, 4.69) is 9.72 Å². The normalized spacial score (nSPS) is 16.9. The van der Waals surface area contributed by atoms with Crippen LogP contribution in [-0.4, -0.2) is 35.6 Å². The van der Waals surface area contributed by atoms with Gasteiger partial charge in [-0.3, -0.25) is 4.90 Å². The van der Waals surface area contributed by atoms with Gasteiger partial charge in [0.15, 0.2) is 5.69 Å². The fraction of sp³-hybridized carbons (Fsp3) is 0.353. The second-order valence-corrected chi connectivity index (χ2v) is 5.45. The minimum atomic E-state index is -0.568. The molecule has 1 fully saturated rings. The van der Waals surface area contributed by atoms with Crippen molar-refractivity contribution in [2.45, 2.75) is 25.5 Å². The molecule has 0 spiro atoms. The van der Waals surface area contributed by atoms with E-state index in [1.807, 2.05) is 30.3 Å². The summed E-state index contributed by atoms with van der Waals surface area (Å²) < 4.78 is 15.3. The predicted molar refractivity (Wildman–Crippen MR) is 83.2 cm³/mol. The summed E-state index contributed by atoms with van der Waals surface area (Å²) >= 11 is 0. The van der Waals surface area contributed by atoms with Gasteiger partial charge in [-0.25, -0.2) is 14.6 Å². The number of carbonyl (C=O) groups is 2. The molecular weight excluding hydrogens is 312 g/mol. The first-order valence-electron chi connectivity index (χ1n) is 7.70. The lowest BCUT2D eigenvalue weighted by Crippen LogP contribution is -2.31. The van der Waals surface area contributed by atoms with Gasteiger partial charge in [0.2, 0.25) is 5.89 Å². The van der Waals surface area contributed by atoms with Crippen molar-refractivity contribution < 1.29 is 23.5 Å². The molecule has 2 aromatic rings. The lowest BCUT2D eigenvalue weighted by molar-refractivity contribution is 0.0594. The Kier molecular flexibility index (Phi) is 4.79. The first kappa shape index (κ1) is 16.0. The van der Waals surface area contributed by atoms with Gasteiger partial charge in [0.05, 0.1) is 7.11 Å². The standard InChI is InChI=1S/C17H18N2O5/c1-22-16(20)13-11-23-15(18-13)14-8-5-9-19(14)17(21)24-10-12-6-3-2-4-7-12/h2-4,6-7,11,14H,5,8-10H2,1H3/t14-/m0/s1. The SMILES string of the molecule is COC(=O)c1coc([C@@H]2CCCN2C(=O)OCc2ccccc2)n1. The van der Waals surface area contributed by atoms with E-state index in [9.17, 15) is 9.59 Å². The Balaban J connectivity index is 1.65. The van der Waals surface area contributed by atoms with E-state index in [0.717, 1.165) is 12.0 Å². The summed E-state index contributed by atoms with van der Waals surface area (Å²) in [5.74, 6) is -0.245. The van der Waals surface area contributed by atoms with Crippen LogP contribution in [0.4, 0.5) is 4.79 Å². The zero-order valence-electron chi connectivity index (χ0n) is 13.3. The number of amides is 1. The summed E-state index contributed by atoms with van der Waals surface area (Å²) in [6.07, 6.45) is 2.36. The van der Waals surface area contributed by atoms with Crippen LogP contribution >= 0.6 is 0 Å². The van der Waals surface area contributed by atoms with Gasteiger partial charge in [-0.1, -0.05) is 30.3 Å². The molecule has 3 rings (SSSR count). The third kappa shape index (κ3) is 3.40. The van der Waals surface area contributed by atoms with Gasteiger partial charge in [-0.2, -0.15) is 0 Å². The van der Waals surface area contributed by atoms with E-state index in [1.165, 1.54) is 13.4 Å². The highest BCUT2D eigenvalue weighted by molar-refractivity contribution is 5.86. The Labute approximate surface area is 139 Å². The van der Waals surface area contributed by atoms with E-state index >= 15 is 0 Å². The number of oxazole rings is 1. The first-order chi connectivity index (χ1) is 11.7. The summed E-state index contributed by atoms with van der Waals surface area (Å²) in [6, 6.07) is 9.15. The molecule has 1 aromatic heterocycles. The number of aromatic nitrogens is 1. The fourth-order valence-corrected chi connectivity index (χ4v) is 2.68. The summed E-state index contributed by atoms with van der Waals surface area (Å²) in [5, 5.41) is 0. The molecule has 2 heterocycles. The number of rotatable bonds is 4. The lowest BCUT2D eigenvalue weighted by Gasteiger charge is -2.21. The van der Waals surface area contributed by atoms with Crippen LogP contribution in [0.25, 0.3) is 0 Å². The van der Waals surface area contributed by atoms with Gasteiger partial charge >= 0.3 is 12.1 Å². The zero-order valence-corrected chi connectivity index (χ0v) is 13.3. The molecule has 1 aromatic carbocycles. The van der Waals surface area contributed by atoms with Gasteiger partial charge in [-0.15, -0.1) is 0 Å². The van der Waals surface area contributed by atoms with Crippen LogP contribution in [-0.2, 0) is 16.1 Å². The smallest absolute Gasteiger partial charge is 0.410 e. The minimum absolute atomic E-state index is 0.0944. The molecule has 1 saturated heterocycles. The topological polar surface area (TPSA) is 81.9 Å². The molecular formula is C17H18N2O5. The molecule has 126 valence electrons. The van der Waals surface area contributed by atoms with Crippen molar-refractivity contribution >= 4 is 12.1 Å². The highest BCUT2D eigenvalue weighted by Crippen LogP contribution is 2.32. The Morgan fingerprint density at radius 3 is 2.88 bits per heavy atom. The average Bonchev–Trinajstić information content (AvgIpc) is 3.28. The van der Waals surface area contributed by atoms with Crippen LogP contribution in [0.15, 0.2) is 41.0 Å². The van der Waals surface area contributed by atoms with Crippen molar-refractivity contribution in [1.82, 2.24) is 9.88 Å². The van der Waals surface area contributed by atoms with E-state index in [0.29, 0.717) is 18.9 Å². The highest BCUT2D eigenvalue weighted by atomic mass is 16.6. The summed E-state index contributed by atoms with van der Waals surface area (Å²) in [6.45, 7) is 0.774. The second kappa shape index (κ2) is 7.16. The van der Waals surface area contributed by atoms with Crippen molar-refractivity contribution in [3.8, 4) is 0 Å². The van der Waals surface area contributed by atoms with E-state index in [-0.39, 0.29) is 18.3 Å².